The summed E-state index contributed by atoms with van der Waals surface area (Å²) in [6, 6.07) is 9.69. The minimum Gasteiger partial charge on any atom is -0.353 e. The van der Waals surface area contributed by atoms with Gasteiger partial charge < -0.3 is 10.6 Å². The van der Waals surface area contributed by atoms with Crippen LogP contribution in [0.15, 0.2) is 30.3 Å². The monoisotopic (exact) mass is 288 g/mol. The standard InChI is InChI=1S/C17H24N2O2/c1-13(20)18-16(14-8-4-2-5-9-14)12-17(21)19-15-10-6-3-7-11-15/h2,4-5,8-9,15-16H,3,6-7,10-12H2,1H3,(H,18,20)(H,19,21)/t16-/m1/s1. The molecule has 1 aromatic rings. The number of nitrogens with one attached hydrogen (secondary N) is 2. The van der Waals surface area contributed by atoms with Gasteiger partial charge in [0.15, 0.2) is 0 Å². The van der Waals surface area contributed by atoms with Crippen molar-refractivity contribution in [2.75, 3.05) is 0 Å². The molecular weight excluding hydrogens is 264 g/mol. The van der Waals surface area contributed by atoms with Gasteiger partial charge in [-0.2, -0.15) is 0 Å². The molecule has 2 N–H and O–H groups in total. The summed E-state index contributed by atoms with van der Waals surface area (Å²) in [5.74, 6) is -0.0983. The van der Waals surface area contributed by atoms with Crippen LogP contribution in [0.3, 0.4) is 0 Å². The average Bonchev–Trinajstić information content (AvgIpc) is 2.48. The van der Waals surface area contributed by atoms with Crippen molar-refractivity contribution in [3.63, 3.8) is 0 Å². The Morgan fingerprint density at radius 1 is 1.14 bits per heavy atom. The van der Waals surface area contributed by atoms with Crippen molar-refractivity contribution in [1.82, 2.24) is 10.6 Å². The highest BCUT2D eigenvalue weighted by molar-refractivity contribution is 5.79. The third kappa shape index (κ3) is 5.21. The summed E-state index contributed by atoms with van der Waals surface area (Å²) in [5.41, 5.74) is 0.964. The maximum Gasteiger partial charge on any atom is 0.222 e. The maximum absolute atomic E-state index is 12.2. The predicted octanol–water partition coefficient (Wildman–Crippen LogP) is 2.70. The van der Waals surface area contributed by atoms with Crippen LogP contribution in [0.5, 0.6) is 0 Å². The Bertz CT molecular complexity index is 467. The van der Waals surface area contributed by atoms with Gasteiger partial charge in [0, 0.05) is 13.0 Å². The summed E-state index contributed by atoms with van der Waals surface area (Å²) in [4.78, 5) is 23.6. The molecule has 1 fully saturated rings. The Hall–Kier alpha value is -1.84. The zero-order valence-electron chi connectivity index (χ0n) is 12.6. The van der Waals surface area contributed by atoms with Crippen LogP contribution >= 0.6 is 0 Å². The van der Waals surface area contributed by atoms with E-state index in [1.807, 2.05) is 30.3 Å². The second-order valence-corrected chi connectivity index (χ2v) is 5.77. The van der Waals surface area contributed by atoms with Crippen LogP contribution in [0.25, 0.3) is 0 Å². The number of benzene rings is 1. The van der Waals surface area contributed by atoms with Crippen molar-refractivity contribution in [3.05, 3.63) is 35.9 Å². The number of rotatable bonds is 5. The van der Waals surface area contributed by atoms with Crippen molar-refractivity contribution in [1.29, 1.82) is 0 Å². The predicted molar refractivity (Wildman–Crippen MR) is 82.6 cm³/mol. The molecule has 2 rings (SSSR count). The fourth-order valence-corrected chi connectivity index (χ4v) is 2.90. The van der Waals surface area contributed by atoms with Gasteiger partial charge in [-0.15, -0.1) is 0 Å². The van der Waals surface area contributed by atoms with E-state index in [2.05, 4.69) is 10.6 Å². The molecule has 114 valence electrons. The summed E-state index contributed by atoms with van der Waals surface area (Å²) in [6.45, 7) is 1.48. The molecule has 1 aliphatic carbocycles. The van der Waals surface area contributed by atoms with Crippen LogP contribution in [-0.4, -0.2) is 17.9 Å². The number of carbonyl (C=O) groups is 2. The summed E-state index contributed by atoms with van der Waals surface area (Å²) in [5, 5.41) is 5.97. The largest absolute Gasteiger partial charge is 0.353 e. The Morgan fingerprint density at radius 3 is 2.43 bits per heavy atom. The minimum absolute atomic E-state index is 0.0181. The Labute approximate surface area is 126 Å². The van der Waals surface area contributed by atoms with E-state index in [0.29, 0.717) is 12.5 Å². The van der Waals surface area contributed by atoms with Gasteiger partial charge in [-0.1, -0.05) is 49.6 Å². The number of hydrogen-bond acceptors (Lipinski definition) is 2. The molecule has 0 aliphatic heterocycles. The van der Waals surface area contributed by atoms with Crippen molar-refractivity contribution in [3.8, 4) is 0 Å². The van der Waals surface area contributed by atoms with Crippen molar-refractivity contribution >= 4 is 11.8 Å². The van der Waals surface area contributed by atoms with Crippen LogP contribution in [0.2, 0.25) is 0 Å². The molecular formula is C17H24N2O2. The fourth-order valence-electron chi connectivity index (χ4n) is 2.90. The molecule has 0 bridgehead atoms. The van der Waals surface area contributed by atoms with Gasteiger partial charge in [-0.3, -0.25) is 9.59 Å². The highest BCUT2D eigenvalue weighted by atomic mass is 16.2. The van der Waals surface area contributed by atoms with Gasteiger partial charge in [0.1, 0.15) is 0 Å². The normalized spacial score (nSPS) is 17.0. The molecule has 0 unspecified atom stereocenters. The third-order valence-electron chi connectivity index (χ3n) is 3.94. The zero-order valence-corrected chi connectivity index (χ0v) is 12.6. The van der Waals surface area contributed by atoms with E-state index in [0.717, 1.165) is 18.4 Å². The molecule has 0 spiro atoms. The topological polar surface area (TPSA) is 58.2 Å². The SMILES string of the molecule is CC(=O)N[C@H](CC(=O)NC1CCCCC1)c1ccccc1. The molecule has 1 saturated carbocycles. The van der Waals surface area contributed by atoms with Crippen molar-refractivity contribution in [2.24, 2.45) is 0 Å². The van der Waals surface area contributed by atoms with Crippen molar-refractivity contribution in [2.45, 2.75) is 57.5 Å². The molecule has 21 heavy (non-hydrogen) atoms. The highest BCUT2D eigenvalue weighted by Gasteiger charge is 2.20. The second kappa shape index (κ2) is 7.81. The van der Waals surface area contributed by atoms with E-state index < -0.39 is 0 Å². The molecule has 4 nitrogen and oxygen atoms in total. The van der Waals surface area contributed by atoms with E-state index in [-0.39, 0.29) is 17.9 Å². The average molecular weight is 288 g/mol. The number of carbonyl (C=O) groups excluding carboxylic acids is 2. The lowest BCUT2D eigenvalue weighted by atomic mass is 9.95. The first kappa shape index (κ1) is 15.5. The van der Waals surface area contributed by atoms with Gasteiger partial charge in [-0.05, 0) is 18.4 Å². The molecule has 2 amide bonds. The lowest BCUT2D eigenvalue weighted by Gasteiger charge is -2.24. The number of amides is 2. The molecule has 1 atom stereocenters. The number of hydrogen-bond donors (Lipinski definition) is 2. The molecule has 0 aromatic heterocycles. The fraction of sp³-hybridized carbons (Fsp3) is 0.529. The van der Waals surface area contributed by atoms with E-state index in [4.69, 9.17) is 0 Å². The van der Waals surface area contributed by atoms with Crippen LogP contribution in [0.4, 0.5) is 0 Å². The van der Waals surface area contributed by atoms with E-state index in [1.54, 1.807) is 0 Å². The van der Waals surface area contributed by atoms with Crippen LogP contribution in [0.1, 0.15) is 57.1 Å². The first-order chi connectivity index (χ1) is 10.1. The first-order valence-corrected chi connectivity index (χ1v) is 7.76. The molecule has 0 radical (unpaired) electrons. The molecule has 1 aliphatic rings. The summed E-state index contributed by atoms with van der Waals surface area (Å²) in [7, 11) is 0. The summed E-state index contributed by atoms with van der Waals surface area (Å²) >= 11 is 0. The molecule has 4 heteroatoms. The van der Waals surface area contributed by atoms with E-state index in [9.17, 15) is 9.59 Å². The van der Waals surface area contributed by atoms with Crippen molar-refractivity contribution < 1.29 is 9.59 Å². The summed E-state index contributed by atoms with van der Waals surface area (Å²) < 4.78 is 0. The molecule has 0 heterocycles. The first-order valence-electron chi connectivity index (χ1n) is 7.76. The smallest absolute Gasteiger partial charge is 0.222 e. The van der Waals surface area contributed by atoms with Crippen LogP contribution < -0.4 is 10.6 Å². The summed E-state index contributed by atoms with van der Waals surface area (Å²) in [6.07, 6.45) is 6.09. The van der Waals surface area contributed by atoms with Gasteiger partial charge in [-0.25, -0.2) is 0 Å². The van der Waals surface area contributed by atoms with E-state index in [1.165, 1.54) is 26.2 Å². The Morgan fingerprint density at radius 2 is 1.81 bits per heavy atom. The highest BCUT2D eigenvalue weighted by Crippen LogP contribution is 2.19. The lowest BCUT2D eigenvalue weighted by molar-refractivity contribution is -0.123. The third-order valence-corrected chi connectivity index (χ3v) is 3.94. The van der Waals surface area contributed by atoms with Crippen LogP contribution in [0, 0.1) is 0 Å². The van der Waals surface area contributed by atoms with Gasteiger partial charge in [0.05, 0.1) is 12.5 Å². The van der Waals surface area contributed by atoms with Gasteiger partial charge in [0.25, 0.3) is 0 Å². The van der Waals surface area contributed by atoms with Gasteiger partial charge >= 0.3 is 0 Å². The van der Waals surface area contributed by atoms with E-state index >= 15 is 0 Å². The maximum atomic E-state index is 12.2. The molecule has 0 saturated heterocycles. The second-order valence-electron chi connectivity index (χ2n) is 5.77. The molecule has 1 aromatic carbocycles. The van der Waals surface area contributed by atoms with Crippen LogP contribution in [-0.2, 0) is 9.59 Å². The van der Waals surface area contributed by atoms with Gasteiger partial charge in [0.2, 0.25) is 11.8 Å². The quantitative estimate of drug-likeness (QED) is 0.875. The zero-order chi connectivity index (χ0) is 15.1. The minimum atomic E-state index is -0.257. The Balaban J connectivity index is 1.94. The Kier molecular flexibility index (Phi) is 5.78. The lowest BCUT2D eigenvalue weighted by Crippen LogP contribution is -2.39.